The average Bonchev–Trinajstić information content (AvgIpc) is 2.81. The molecule has 0 saturated carbocycles. The highest BCUT2D eigenvalue weighted by Gasteiger charge is 2.19. The Hall–Kier alpha value is -2.89. The van der Waals surface area contributed by atoms with Crippen LogP contribution >= 0.6 is 0 Å². The minimum atomic E-state index is 0.0948. The minimum Gasteiger partial charge on any atom is -0.496 e. The first-order chi connectivity index (χ1) is 15.2. The normalized spacial score (nSPS) is 15.1. The van der Waals surface area contributed by atoms with Crippen molar-refractivity contribution in [3.8, 4) is 5.75 Å². The van der Waals surface area contributed by atoms with Gasteiger partial charge in [0.25, 0.3) is 0 Å². The topological polar surface area (TPSA) is 44.8 Å². The van der Waals surface area contributed by atoms with Crippen LogP contribution in [0.15, 0.2) is 66.7 Å². The third-order valence-corrected chi connectivity index (χ3v) is 6.02. The zero-order valence-corrected chi connectivity index (χ0v) is 18.2. The highest BCUT2D eigenvalue weighted by atomic mass is 16.5. The molecule has 1 saturated heterocycles. The molecule has 1 heterocycles. The molecule has 0 radical (unpaired) electrons. The molecule has 1 amide bonds. The number of hydrogen-bond donors (Lipinski definition) is 1. The Morgan fingerprint density at radius 1 is 0.871 bits per heavy atom. The van der Waals surface area contributed by atoms with Crippen molar-refractivity contribution in [3.05, 3.63) is 77.9 Å². The van der Waals surface area contributed by atoms with E-state index in [0.29, 0.717) is 13.1 Å². The number of nitrogens with zero attached hydrogens (tertiary/aromatic N) is 2. The molecule has 0 bridgehead atoms. The van der Waals surface area contributed by atoms with Gasteiger partial charge in [0.15, 0.2) is 0 Å². The fourth-order valence-electron chi connectivity index (χ4n) is 4.28. The van der Waals surface area contributed by atoms with Crippen LogP contribution in [0.5, 0.6) is 5.75 Å². The molecule has 0 unspecified atom stereocenters. The van der Waals surface area contributed by atoms with Gasteiger partial charge >= 0.3 is 0 Å². The van der Waals surface area contributed by atoms with Crippen LogP contribution in [-0.2, 0) is 17.8 Å². The van der Waals surface area contributed by atoms with Gasteiger partial charge in [0, 0.05) is 39.3 Å². The van der Waals surface area contributed by atoms with Crippen LogP contribution in [-0.4, -0.2) is 62.1 Å². The van der Waals surface area contributed by atoms with E-state index in [-0.39, 0.29) is 5.91 Å². The van der Waals surface area contributed by atoms with Gasteiger partial charge in [-0.2, -0.15) is 0 Å². The van der Waals surface area contributed by atoms with E-state index in [0.717, 1.165) is 50.5 Å². The van der Waals surface area contributed by atoms with Crippen molar-refractivity contribution in [3.63, 3.8) is 0 Å². The lowest BCUT2D eigenvalue weighted by atomic mass is 10.0. The molecule has 0 aliphatic carbocycles. The lowest BCUT2D eigenvalue weighted by Crippen LogP contribution is -2.49. The monoisotopic (exact) mass is 417 g/mol. The first-order valence-electron chi connectivity index (χ1n) is 11.0. The Labute approximate surface area is 184 Å². The standard InChI is InChI=1S/C26H31N3O2/c1-31-25-12-5-3-8-22(25)13-14-27-26(30)20-29-17-15-28(16-18-29)19-23-10-6-9-21-7-2-4-11-24(21)23/h2-12H,13-20H2,1H3,(H,27,30). The van der Waals surface area contributed by atoms with Gasteiger partial charge in [-0.25, -0.2) is 0 Å². The highest BCUT2D eigenvalue weighted by molar-refractivity contribution is 5.85. The third-order valence-electron chi connectivity index (χ3n) is 6.02. The number of fused-ring (bicyclic) bond motifs is 1. The van der Waals surface area contributed by atoms with E-state index >= 15 is 0 Å². The lowest BCUT2D eigenvalue weighted by molar-refractivity contribution is -0.122. The second kappa shape index (κ2) is 10.4. The number of hydrogen-bond acceptors (Lipinski definition) is 4. The number of benzene rings is 3. The molecule has 0 aromatic heterocycles. The maximum Gasteiger partial charge on any atom is 0.234 e. The average molecular weight is 418 g/mol. The maximum atomic E-state index is 12.4. The highest BCUT2D eigenvalue weighted by Crippen LogP contribution is 2.20. The summed E-state index contributed by atoms with van der Waals surface area (Å²) in [6.07, 6.45) is 0.772. The van der Waals surface area contributed by atoms with Gasteiger partial charge in [0.1, 0.15) is 5.75 Å². The molecule has 1 N–H and O–H groups in total. The van der Waals surface area contributed by atoms with Crippen LogP contribution in [0.2, 0.25) is 0 Å². The zero-order valence-electron chi connectivity index (χ0n) is 18.2. The number of rotatable bonds is 8. The zero-order chi connectivity index (χ0) is 21.5. The van der Waals surface area contributed by atoms with Gasteiger partial charge < -0.3 is 10.1 Å². The molecule has 31 heavy (non-hydrogen) atoms. The number of carbonyl (C=O) groups excluding carboxylic acids is 1. The van der Waals surface area contributed by atoms with E-state index in [1.54, 1.807) is 7.11 Å². The van der Waals surface area contributed by atoms with Crippen molar-refractivity contribution in [2.45, 2.75) is 13.0 Å². The van der Waals surface area contributed by atoms with Gasteiger partial charge in [0.05, 0.1) is 13.7 Å². The van der Waals surface area contributed by atoms with Gasteiger partial charge in [-0.1, -0.05) is 60.7 Å². The number of methoxy groups -OCH3 is 1. The summed E-state index contributed by atoms with van der Waals surface area (Å²) in [5, 5.41) is 5.68. The third kappa shape index (κ3) is 5.63. The Morgan fingerprint density at radius 2 is 1.55 bits per heavy atom. The Balaban J connectivity index is 1.20. The van der Waals surface area contributed by atoms with E-state index in [9.17, 15) is 4.79 Å². The quantitative estimate of drug-likeness (QED) is 0.611. The fourth-order valence-corrected chi connectivity index (χ4v) is 4.28. The van der Waals surface area contributed by atoms with E-state index in [2.05, 4.69) is 57.6 Å². The molecular weight excluding hydrogens is 386 g/mol. The van der Waals surface area contributed by atoms with Crippen molar-refractivity contribution in [2.75, 3.05) is 46.4 Å². The van der Waals surface area contributed by atoms with E-state index in [4.69, 9.17) is 4.74 Å². The van der Waals surface area contributed by atoms with Crippen molar-refractivity contribution in [2.24, 2.45) is 0 Å². The van der Waals surface area contributed by atoms with Gasteiger partial charge in [-0.3, -0.25) is 14.6 Å². The maximum absolute atomic E-state index is 12.4. The largest absolute Gasteiger partial charge is 0.496 e. The molecular formula is C26H31N3O2. The summed E-state index contributed by atoms with van der Waals surface area (Å²) in [5.41, 5.74) is 2.49. The SMILES string of the molecule is COc1ccccc1CCNC(=O)CN1CCN(Cc2cccc3ccccc23)CC1. The Kier molecular flexibility index (Phi) is 7.18. The molecule has 1 aliphatic rings. The lowest BCUT2D eigenvalue weighted by Gasteiger charge is -2.34. The number of para-hydroxylation sites is 1. The first-order valence-corrected chi connectivity index (χ1v) is 11.0. The number of nitrogens with one attached hydrogen (secondary N) is 1. The van der Waals surface area contributed by atoms with Crippen LogP contribution in [0.25, 0.3) is 10.8 Å². The summed E-state index contributed by atoms with van der Waals surface area (Å²) >= 11 is 0. The predicted molar refractivity (Wildman–Crippen MR) is 125 cm³/mol. The summed E-state index contributed by atoms with van der Waals surface area (Å²) in [5.74, 6) is 0.969. The summed E-state index contributed by atoms with van der Waals surface area (Å²) in [7, 11) is 1.68. The van der Waals surface area contributed by atoms with Crippen LogP contribution in [0, 0.1) is 0 Å². The molecule has 162 valence electrons. The molecule has 1 fully saturated rings. The molecule has 1 aliphatic heterocycles. The molecule has 3 aromatic carbocycles. The van der Waals surface area contributed by atoms with Crippen molar-refractivity contribution in [1.82, 2.24) is 15.1 Å². The number of amides is 1. The second-order valence-corrected chi connectivity index (χ2v) is 8.10. The minimum absolute atomic E-state index is 0.0948. The van der Waals surface area contributed by atoms with Crippen LogP contribution in [0.1, 0.15) is 11.1 Å². The van der Waals surface area contributed by atoms with Crippen LogP contribution in [0.3, 0.4) is 0 Å². The molecule has 5 nitrogen and oxygen atoms in total. The fraction of sp³-hybridized carbons (Fsp3) is 0.346. The van der Waals surface area contributed by atoms with Gasteiger partial charge in [0.2, 0.25) is 5.91 Å². The van der Waals surface area contributed by atoms with Gasteiger partial charge in [-0.15, -0.1) is 0 Å². The van der Waals surface area contributed by atoms with Gasteiger partial charge in [-0.05, 0) is 34.4 Å². The van der Waals surface area contributed by atoms with E-state index in [1.165, 1.54) is 16.3 Å². The molecule has 5 heteroatoms. The molecule has 3 aromatic rings. The van der Waals surface area contributed by atoms with Crippen LogP contribution < -0.4 is 10.1 Å². The number of piperazine rings is 1. The smallest absolute Gasteiger partial charge is 0.234 e. The van der Waals surface area contributed by atoms with Crippen molar-refractivity contribution in [1.29, 1.82) is 0 Å². The van der Waals surface area contributed by atoms with E-state index < -0.39 is 0 Å². The second-order valence-electron chi connectivity index (χ2n) is 8.10. The molecule has 0 spiro atoms. The first kappa shape index (κ1) is 21.3. The van der Waals surface area contributed by atoms with Crippen LogP contribution in [0.4, 0.5) is 0 Å². The number of ether oxygens (including phenoxy) is 1. The van der Waals surface area contributed by atoms with Crippen molar-refractivity contribution >= 4 is 16.7 Å². The summed E-state index contributed by atoms with van der Waals surface area (Å²) in [4.78, 5) is 17.1. The number of carbonyl (C=O) groups is 1. The van der Waals surface area contributed by atoms with E-state index in [1.807, 2.05) is 24.3 Å². The summed E-state index contributed by atoms with van der Waals surface area (Å²) in [6, 6.07) is 23.1. The predicted octanol–water partition coefficient (Wildman–Crippen LogP) is 3.32. The van der Waals surface area contributed by atoms with Crippen molar-refractivity contribution < 1.29 is 9.53 Å². The molecule has 4 rings (SSSR count). The summed E-state index contributed by atoms with van der Waals surface area (Å²) < 4.78 is 5.38. The summed E-state index contributed by atoms with van der Waals surface area (Å²) in [6.45, 7) is 5.86. The Morgan fingerprint density at radius 3 is 2.39 bits per heavy atom. The Bertz CT molecular complexity index is 1010. The molecule has 0 atom stereocenters.